The maximum Gasteiger partial charge on any atom is 0.306 e. The molecule has 0 unspecified atom stereocenters. The molecule has 2 N–H and O–H groups in total. The van der Waals surface area contributed by atoms with Gasteiger partial charge in [0.1, 0.15) is 5.82 Å². The van der Waals surface area contributed by atoms with Gasteiger partial charge in [-0.3, -0.25) is 9.52 Å². The SMILES string of the molecule is Cc1cc(NS(=O)(=O)N2CCC(C(=O)O)CC2)ccc1F. The molecular formula is C13H17FN2O4S. The lowest BCUT2D eigenvalue weighted by atomic mass is 9.99. The number of nitrogens with zero attached hydrogens (tertiary/aromatic N) is 1. The van der Waals surface area contributed by atoms with E-state index in [2.05, 4.69) is 4.72 Å². The minimum absolute atomic E-state index is 0.159. The van der Waals surface area contributed by atoms with Crippen LogP contribution in [0.15, 0.2) is 18.2 Å². The molecule has 0 radical (unpaired) electrons. The predicted molar refractivity (Wildman–Crippen MR) is 75.6 cm³/mol. The molecule has 0 saturated carbocycles. The number of hydrogen-bond donors (Lipinski definition) is 2. The molecule has 0 bridgehead atoms. The number of rotatable bonds is 4. The largest absolute Gasteiger partial charge is 0.481 e. The zero-order valence-electron chi connectivity index (χ0n) is 11.5. The van der Waals surface area contributed by atoms with Crippen molar-refractivity contribution < 1.29 is 22.7 Å². The number of carbonyl (C=O) groups is 1. The first-order valence-electron chi connectivity index (χ1n) is 6.56. The van der Waals surface area contributed by atoms with Gasteiger partial charge in [0.05, 0.1) is 11.6 Å². The van der Waals surface area contributed by atoms with Crippen molar-refractivity contribution in [2.75, 3.05) is 17.8 Å². The van der Waals surface area contributed by atoms with Gasteiger partial charge in [0.15, 0.2) is 0 Å². The third kappa shape index (κ3) is 3.70. The molecule has 0 atom stereocenters. The van der Waals surface area contributed by atoms with E-state index in [-0.39, 0.29) is 18.8 Å². The van der Waals surface area contributed by atoms with Crippen molar-refractivity contribution in [1.29, 1.82) is 0 Å². The van der Waals surface area contributed by atoms with Crippen LogP contribution in [-0.4, -0.2) is 36.9 Å². The number of halogens is 1. The Labute approximate surface area is 122 Å². The molecule has 8 heteroatoms. The van der Waals surface area contributed by atoms with Gasteiger partial charge in [0, 0.05) is 13.1 Å². The summed E-state index contributed by atoms with van der Waals surface area (Å²) in [6.45, 7) is 1.87. The summed E-state index contributed by atoms with van der Waals surface area (Å²) in [6, 6.07) is 3.96. The standard InChI is InChI=1S/C13H17FN2O4S/c1-9-8-11(2-3-12(9)14)15-21(19,20)16-6-4-10(5-7-16)13(17)18/h2-3,8,10,15H,4-7H2,1H3,(H,17,18). The highest BCUT2D eigenvalue weighted by Gasteiger charge is 2.30. The molecule has 1 aliphatic rings. The van der Waals surface area contributed by atoms with Crippen molar-refractivity contribution in [3.05, 3.63) is 29.6 Å². The van der Waals surface area contributed by atoms with Gasteiger partial charge < -0.3 is 5.11 Å². The van der Waals surface area contributed by atoms with Crippen LogP contribution in [0.5, 0.6) is 0 Å². The average Bonchev–Trinajstić information content (AvgIpc) is 2.43. The van der Waals surface area contributed by atoms with Crippen molar-refractivity contribution in [2.24, 2.45) is 5.92 Å². The molecule has 0 spiro atoms. The Bertz CT molecular complexity index is 640. The molecule has 0 amide bonds. The van der Waals surface area contributed by atoms with Crippen LogP contribution in [-0.2, 0) is 15.0 Å². The summed E-state index contributed by atoms with van der Waals surface area (Å²) in [5.41, 5.74) is 0.633. The van der Waals surface area contributed by atoms with Crippen molar-refractivity contribution in [3.8, 4) is 0 Å². The van der Waals surface area contributed by atoms with E-state index >= 15 is 0 Å². The molecule has 1 saturated heterocycles. The molecule has 1 fully saturated rings. The van der Waals surface area contributed by atoms with E-state index in [1.807, 2.05) is 0 Å². The first kappa shape index (κ1) is 15.7. The van der Waals surface area contributed by atoms with E-state index in [0.717, 1.165) is 0 Å². The summed E-state index contributed by atoms with van der Waals surface area (Å²) in [5, 5.41) is 8.90. The Kier molecular flexibility index (Phi) is 4.48. The lowest BCUT2D eigenvalue weighted by Gasteiger charge is -2.29. The summed E-state index contributed by atoms with van der Waals surface area (Å²) >= 11 is 0. The first-order chi connectivity index (χ1) is 9.79. The van der Waals surface area contributed by atoms with Crippen LogP contribution in [0.1, 0.15) is 18.4 Å². The number of benzene rings is 1. The van der Waals surface area contributed by atoms with Gasteiger partial charge in [-0.2, -0.15) is 12.7 Å². The van der Waals surface area contributed by atoms with E-state index in [4.69, 9.17) is 5.11 Å². The highest BCUT2D eigenvalue weighted by Crippen LogP contribution is 2.22. The monoisotopic (exact) mass is 316 g/mol. The van der Waals surface area contributed by atoms with Crippen LogP contribution in [0.4, 0.5) is 10.1 Å². The van der Waals surface area contributed by atoms with Gasteiger partial charge >= 0.3 is 16.2 Å². The molecule has 6 nitrogen and oxygen atoms in total. The van der Waals surface area contributed by atoms with Gasteiger partial charge in [-0.1, -0.05) is 0 Å². The van der Waals surface area contributed by atoms with Crippen molar-refractivity contribution in [2.45, 2.75) is 19.8 Å². The molecule has 0 aromatic heterocycles. The second-order valence-corrected chi connectivity index (χ2v) is 6.75. The van der Waals surface area contributed by atoms with Crippen LogP contribution in [0.3, 0.4) is 0 Å². The smallest absolute Gasteiger partial charge is 0.306 e. The number of piperidine rings is 1. The number of aryl methyl sites for hydroxylation is 1. The number of carboxylic acids is 1. The maximum atomic E-state index is 13.2. The van der Waals surface area contributed by atoms with Crippen LogP contribution >= 0.6 is 0 Å². The van der Waals surface area contributed by atoms with Crippen LogP contribution in [0, 0.1) is 18.7 Å². The second-order valence-electron chi connectivity index (χ2n) is 5.08. The molecule has 116 valence electrons. The Morgan fingerprint density at radius 2 is 2.00 bits per heavy atom. The lowest BCUT2D eigenvalue weighted by Crippen LogP contribution is -2.42. The third-order valence-electron chi connectivity index (χ3n) is 3.55. The van der Waals surface area contributed by atoms with Crippen molar-refractivity contribution >= 4 is 21.9 Å². The zero-order valence-corrected chi connectivity index (χ0v) is 12.4. The maximum absolute atomic E-state index is 13.2. The summed E-state index contributed by atoms with van der Waals surface area (Å²) in [4.78, 5) is 10.9. The first-order valence-corrected chi connectivity index (χ1v) is 8.00. The third-order valence-corrected chi connectivity index (χ3v) is 5.09. The lowest BCUT2D eigenvalue weighted by molar-refractivity contribution is -0.142. The number of anilines is 1. The van der Waals surface area contributed by atoms with E-state index in [1.165, 1.54) is 22.5 Å². The molecule has 21 heavy (non-hydrogen) atoms. The summed E-state index contributed by atoms with van der Waals surface area (Å²) in [5.74, 6) is -1.79. The predicted octanol–water partition coefficient (Wildman–Crippen LogP) is 1.59. The molecular weight excluding hydrogens is 299 g/mol. The van der Waals surface area contributed by atoms with Gasteiger partial charge in [-0.05, 0) is 43.5 Å². The fourth-order valence-electron chi connectivity index (χ4n) is 2.26. The van der Waals surface area contributed by atoms with Crippen molar-refractivity contribution in [1.82, 2.24) is 4.31 Å². The molecule has 2 rings (SSSR count). The molecule has 1 heterocycles. The Morgan fingerprint density at radius 3 is 2.52 bits per heavy atom. The van der Waals surface area contributed by atoms with Gasteiger partial charge in [0.2, 0.25) is 0 Å². The fraction of sp³-hybridized carbons (Fsp3) is 0.462. The molecule has 1 aromatic rings. The van der Waals surface area contributed by atoms with E-state index in [1.54, 1.807) is 6.92 Å². The molecule has 1 aromatic carbocycles. The number of nitrogens with one attached hydrogen (secondary N) is 1. The number of hydrogen-bond acceptors (Lipinski definition) is 3. The summed E-state index contributed by atoms with van der Waals surface area (Å²) < 4.78 is 41.2. The van der Waals surface area contributed by atoms with Crippen molar-refractivity contribution in [3.63, 3.8) is 0 Å². The highest BCUT2D eigenvalue weighted by molar-refractivity contribution is 7.90. The zero-order chi connectivity index (χ0) is 15.6. The summed E-state index contributed by atoms with van der Waals surface area (Å²) in [6.07, 6.45) is 0.581. The summed E-state index contributed by atoms with van der Waals surface area (Å²) in [7, 11) is -3.75. The van der Waals surface area contributed by atoms with Gasteiger partial charge in [0.25, 0.3) is 0 Å². The molecule has 1 aliphatic heterocycles. The van der Waals surface area contributed by atoms with Gasteiger partial charge in [-0.15, -0.1) is 0 Å². The topological polar surface area (TPSA) is 86.7 Å². The average molecular weight is 316 g/mol. The van der Waals surface area contributed by atoms with E-state index in [9.17, 15) is 17.6 Å². The van der Waals surface area contributed by atoms with Crippen LogP contribution < -0.4 is 4.72 Å². The highest BCUT2D eigenvalue weighted by atomic mass is 32.2. The van der Waals surface area contributed by atoms with E-state index in [0.29, 0.717) is 18.4 Å². The minimum atomic E-state index is -3.75. The van der Waals surface area contributed by atoms with Crippen LogP contribution in [0.2, 0.25) is 0 Å². The second kappa shape index (κ2) is 5.98. The van der Waals surface area contributed by atoms with E-state index < -0.39 is 27.9 Å². The fourth-order valence-corrected chi connectivity index (χ4v) is 3.51. The normalized spacial score (nSPS) is 17.6. The molecule has 0 aliphatic carbocycles. The Morgan fingerprint density at radius 1 is 1.38 bits per heavy atom. The minimum Gasteiger partial charge on any atom is -0.481 e. The van der Waals surface area contributed by atoms with Crippen LogP contribution in [0.25, 0.3) is 0 Å². The Balaban J connectivity index is 2.05. The van der Waals surface area contributed by atoms with Gasteiger partial charge in [-0.25, -0.2) is 4.39 Å². The Hall–Kier alpha value is -1.67. The number of aliphatic carboxylic acids is 1. The number of carboxylic acid groups (broad SMARTS) is 1. The quantitative estimate of drug-likeness (QED) is 0.883.